The summed E-state index contributed by atoms with van der Waals surface area (Å²) in [6, 6.07) is 0. The highest BCUT2D eigenvalue weighted by atomic mass is 19.1. The smallest absolute Gasteiger partial charge is 0.335 e. The fourth-order valence-electron chi connectivity index (χ4n) is 0.362. The normalized spacial score (nSPS) is 8.80. The van der Waals surface area contributed by atoms with Crippen molar-refractivity contribution in [3.05, 3.63) is 11.1 Å². The molecule has 0 spiro atoms. The molecule has 0 atom stereocenters. The Morgan fingerprint density at radius 1 is 1.40 bits per heavy atom. The van der Waals surface area contributed by atoms with Crippen molar-refractivity contribution in [2.75, 3.05) is 6.86 Å². The van der Waals surface area contributed by atoms with Crippen LogP contribution in [0.2, 0.25) is 0 Å². The second-order valence-electron chi connectivity index (χ2n) is 2.17. The second kappa shape index (κ2) is 4.04. The monoisotopic (exact) mass is 146 g/mol. The average molecular weight is 146 g/mol. The number of esters is 1. The number of carbonyl (C=O) groups is 1. The topological polar surface area (TPSA) is 26.3 Å². The Balaban J connectivity index is 4.09. The van der Waals surface area contributed by atoms with E-state index in [1.807, 2.05) is 0 Å². The molecule has 0 unspecified atom stereocenters. The van der Waals surface area contributed by atoms with Gasteiger partial charge in [-0.15, -0.1) is 0 Å². The zero-order valence-electron chi connectivity index (χ0n) is 6.40. The molecule has 2 nitrogen and oxygen atoms in total. The predicted octanol–water partition coefficient (Wildman–Crippen LogP) is 1.81. The van der Waals surface area contributed by atoms with Crippen LogP contribution in [0, 0.1) is 0 Å². The van der Waals surface area contributed by atoms with Gasteiger partial charge in [0.2, 0.25) is 6.86 Å². The second-order valence-corrected chi connectivity index (χ2v) is 2.17. The summed E-state index contributed by atoms with van der Waals surface area (Å²) in [7, 11) is 0. The number of rotatable bonds is 2. The number of halogens is 1. The lowest BCUT2D eigenvalue weighted by molar-refractivity contribution is -0.142. The molecule has 0 saturated carbocycles. The quantitative estimate of drug-likeness (QED) is 0.438. The zero-order valence-corrected chi connectivity index (χ0v) is 6.40. The standard InChI is InChI=1S/C7H11FO2/c1-5(2)6(3)7(9)10-4-8/h4H2,1-3H3. The van der Waals surface area contributed by atoms with Crippen LogP contribution in [0.3, 0.4) is 0 Å². The largest absolute Gasteiger partial charge is 0.430 e. The van der Waals surface area contributed by atoms with Gasteiger partial charge in [-0.25, -0.2) is 9.18 Å². The SMILES string of the molecule is CC(C)=C(C)C(=O)OCF. The number of hydrogen-bond acceptors (Lipinski definition) is 2. The summed E-state index contributed by atoms with van der Waals surface area (Å²) < 4.78 is 15.5. The molecule has 0 amide bonds. The molecule has 58 valence electrons. The van der Waals surface area contributed by atoms with E-state index in [1.54, 1.807) is 20.8 Å². The molecule has 0 bridgehead atoms. The van der Waals surface area contributed by atoms with Gasteiger partial charge in [-0.3, -0.25) is 0 Å². The lowest BCUT2D eigenvalue weighted by atomic mass is 10.2. The summed E-state index contributed by atoms with van der Waals surface area (Å²) in [5.74, 6) is -0.581. The fourth-order valence-corrected chi connectivity index (χ4v) is 0.362. The van der Waals surface area contributed by atoms with Crippen molar-refractivity contribution in [3.63, 3.8) is 0 Å². The van der Waals surface area contributed by atoms with Crippen molar-refractivity contribution in [2.24, 2.45) is 0 Å². The molecule has 0 aliphatic heterocycles. The van der Waals surface area contributed by atoms with Gasteiger partial charge in [0.05, 0.1) is 0 Å². The predicted molar refractivity (Wildman–Crippen MR) is 36.1 cm³/mol. The lowest BCUT2D eigenvalue weighted by Gasteiger charge is -2.00. The van der Waals surface area contributed by atoms with E-state index >= 15 is 0 Å². The number of carbonyl (C=O) groups excluding carboxylic acids is 1. The van der Waals surface area contributed by atoms with Gasteiger partial charge in [-0.1, -0.05) is 5.57 Å². The first-order valence-electron chi connectivity index (χ1n) is 2.96. The van der Waals surface area contributed by atoms with E-state index in [0.29, 0.717) is 5.57 Å². The molecule has 0 rings (SSSR count). The van der Waals surface area contributed by atoms with Crippen LogP contribution in [0.5, 0.6) is 0 Å². The molecule has 10 heavy (non-hydrogen) atoms. The molecule has 0 N–H and O–H groups in total. The molecule has 0 aliphatic carbocycles. The zero-order chi connectivity index (χ0) is 8.15. The highest BCUT2D eigenvalue weighted by Gasteiger charge is 2.05. The molecular formula is C7H11FO2. The minimum atomic E-state index is -1.05. The molecule has 0 aliphatic rings. The Bertz CT molecular complexity index is 157. The molecular weight excluding hydrogens is 135 g/mol. The number of ether oxygens (including phenoxy) is 1. The summed E-state index contributed by atoms with van der Waals surface area (Å²) >= 11 is 0. The van der Waals surface area contributed by atoms with Gasteiger partial charge in [0.1, 0.15) is 0 Å². The first kappa shape index (κ1) is 9.14. The van der Waals surface area contributed by atoms with E-state index in [9.17, 15) is 9.18 Å². The number of allylic oxidation sites excluding steroid dienone is 1. The Hall–Kier alpha value is -0.860. The van der Waals surface area contributed by atoms with Crippen LogP contribution in [0.1, 0.15) is 20.8 Å². The molecule has 0 aromatic heterocycles. The summed E-state index contributed by atoms with van der Waals surface area (Å²) in [5.41, 5.74) is 1.32. The first-order valence-corrected chi connectivity index (χ1v) is 2.96. The molecule has 0 heterocycles. The van der Waals surface area contributed by atoms with Gasteiger partial charge in [0.25, 0.3) is 0 Å². The van der Waals surface area contributed by atoms with Crippen molar-refractivity contribution in [1.29, 1.82) is 0 Å². The molecule has 0 radical (unpaired) electrons. The van der Waals surface area contributed by atoms with E-state index in [-0.39, 0.29) is 0 Å². The summed E-state index contributed by atoms with van der Waals surface area (Å²) in [6.45, 7) is 4.10. The van der Waals surface area contributed by atoms with Crippen molar-refractivity contribution >= 4 is 5.97 Å². The minimum absolute atomic E-state index is 0.470. The molecule has 0 aromatic carbocycles. The Labute approximate surface area is 59.7 Å². The highest BCUT2D eigenvalue weighted by Crippen LogP contribution is 2.03. The third-order valence-corrected chi connectivity index (χ3v) is 1.24. The van der Waals surface area contributed by atoms with Crippen LogP contribution >= 0.6 is 0 Å². The van der Waals surface area contributed by atoms with Gasteiger partial charge in [-0.05, 0) is 20.8 Å². The van der Waals surface area contributed by atoms with E-state index in [4.69, 9.17) is 0 Å². The van der Waals surface area contributed by atoms with Gasteiger partial charge in [0.15, 0.2) is 0 Å². The third kappa shape index (κ3) is 2.62. The van der Waals surface area contributed by atoms with Crippen LogP contribution < -0.4 is 0 Å². The molecule has 0 saturated heterocycles. The van der Waals surface area contributed by atoms with Gasteiger partial charge in [0, 0.05) is 5.57 Å². The maximum absolute atomic E-state index is 11.4. The van der Waals surface area contributed by atoms with E-state index in [2.05, 4.69) is 4.74 Å². The van der Waals surface area contributed by atoms with Crippen molar-refractivity contribution in [3.8, 4) is 0 Å². The Morgan fingerprint density at radius 2 is 1.90 bits per heavy atom. The highest BCUT2D eigenvalue weighted by molar-refractivity contribution is 5.88. The van der Waals surface area contributed by atoms with Gasteiger partial charge < -0.3 is 4.74 Å². The van der Waals surface area contributed by atoms with Crippen LogP contribution in [0.4, 0.5) is 4.39 Å². The molecule has 0 fully saturated rings. The maximum Gasteiger partial charge on any atom is 0.335 e. The fraction of sp³-hybridized carbons (Fsp3) is 0.571. The average Bonchev–Trinajstić information content (AvgIpc) is 1.87. The lowest BCUT2D eigenvalue weighted by Crippen LogP contribution is -2.05. The van der Waals surface area contributed by atoms with Crippen molar-refractivity contribution in [2.45, 2.75) is 20.8 Å². The third-order valence-electron chi connectivity index (χ3n) is 1.24. The summed E-state index contributed by atoms with van der Waals surface area (Å²) in [4.78, 5) is 10.7. The van der Waals surface area contributed by atoms with Gasteiger partial charge in [-0.2, -0.15) is 0 Å². The summed E-state index contributed by atoms with van der Waals surface area (Å²) in [5, 5.41) is 0. The van der Waals surface area contributed by atoms with Crippen LogP contribution in [0.25, 0.3) is 0 Å². The molecule has 3 heteroatoms. The van der Waals surface area contributed by atoms with E-state index in [1.165, 1.54) is 0 Å². The van der Waals surface area contributed by atoms with E-state index in [0.717, 1.165) is 5.57 Å². The summed E-state index contributed by atoms with van der Waals surface area (Å²) in [6.07, 6.45) is 0. The molecule has 0 aromatic rings. The van der Waals surface area contributed by atoms with Crippen LogP contribution in [-0.2, 0) is 9.53 Å². The van der Waals surface area contributed by atoms with Crippen molar-refractivity contribution in [1.82, 2.24) is 0 Å². The Kier molecular flexibility index (Phi) is 3.69. The van der Waals surface area contributed by atoms with Crippen molar-refractivity contribution < 1.29 is 13.9 Å². The van der Waals surface area contributed by atoms with Gasteiger partial charge >= 0.3 is 5.97 Å². The first-order chi connectivity index (χ1) is 4.59. The minimum Gasteiger partial charge on any atom is -0.430 e. The Morgan fingerprint density at radius 3 is 2.20 bits per heavy atom. The van der Waals surface area contributed by atoms with Crippen LogP contribution in [0.15, 0.2) is 11.1 Å². The van der Waals surface area contributed by atoms with Crippen LogP contribution in [-0.4, -0.2) is 12.8 Å². The van der Waals surface area contributed by atoms with E-state index < -0.39 is 12.8 Å². The number of alkyl halides is 1. The maximum atomic E-state index is 11.4. The number of hydrogen-bond donors (Lipinski definition) is 0.